The molecule has 2 aromatic heterocycles. The maximum atomic E-state index is 12.9. The summed E-state index contributed by atoms with van der Waals surface area (Å²) >= 11 is 0. The first-order valence-electron chi connectivity index (χ1n) is 8.09. The summed E-state index contributed by atoms with van der Waals surface area (Å²) in [5, 5.41) is 7.69. The zero-order valence-corrected chi connectivity index (χ0v) is 13.7. The Labute approximate surface area is 142 Å². The van der Waals surface area contributed by atoms with Crippen molar-refractivity contribution >= 4 is 11.6 Å². The highest BCUT2D eigenvalue weighted by Gasteiger charge is 2.38. The van der Waals surface area contributed by atoms with Gasteiger partial charge in [-0.15, -0.1) is 0 Å². The molecule has 0 bridgehead atoms. The Balaban J connectivity index is 1.69. The van der Waals surface area contributed by atoms with Crippen LogP contribution >= 0.6 is 0 Å². The third-order valence-corrected chi connectivity index (χ3v) is 4.17. The van der Waals surface area contributed by atoms with Crippen molar-refractivity contribution in [2.45, 2.75) is 38.9 Å². The number of rotatable bonds is 4. The molecule has 136 valence electrons. The molecule has 1 aliphatic rings. The summed E-state index contributed by atoms with van der Waals surface area (Å²) in [5.41, 5.74) is -1.41. The van der Waals surface area contributed by atoms with Crippen LogP contribution in [0.3, 0.4) is 0 Å². The molecule has 0 aromatic carbocycles. The van der Waals surface area contributed by atoms with E-state index in [1.54, 1.807) is 6.07 Å². The SMILES string of the molecule is Cc1[nH]nc(C(F)(F)F)c1NC(=O)c1ccc(CN2CCCCC2)o1. The van der Waals surface area contributed by atoms with Crippen molar-refractivity contribution in [1.29, 1.82) is 0 Å². The van der Waals surface area contributed by atoms with Gasteiger partial charge in [-0.2, -0.15) is 18.3 Å². The number of likely N-dealkylation sites (tertiary alicyclic amines) is 1. The highest BCUT2D eigenvalue weighted by Crippen LogP contribution is 2.34. The van der Waals surface area contributed by atoms with Gasteiger partial charge in [0, 0.05) is 0 Å². The van der Waals surface area contributed by atoms with E-state index in [0.717, 1.165) is 25.9 Å². The van der Waals surface area contributed by atoms with Gasteiger partial charge in [0.25, 0.3) is 5.91 Å². The maximum Gasteiger partial charge on any atom is 0.437 e. The van der Waals surface area contributed by atoms with Gasteiger partial charge in [0.1, 0.15) is 5.76 Å². The number of H-pyrrole nitrogens is 1. The van der Waals surface area contributed by atoms with Gasteiger partial charge in [-0.3, -0.25) is 14.8 Å². The average Bonchev–Trinajstić information content (AvgIpc) is 3.15. The number of nitrogens with one attached hydrogen (secondary N) is 2. The van der Waals surface area contributed by atoms with Gasteiger partial charge in [-0.05, 0) is 45.0 Å². The molecule has 6 nitrogen and oxygen atoms in total. The van der Waals surface area contributed by atoms with Gasteiger partial charge in [0.15, 0.2) is 11.5 Å². The molecule has 0 saturated carbocycles. The van der Waals surface area contributed by atoms with E-state index < -0.39 is 17.8 Å². The lowest BCUT2D eigenvalue weighted by Crippen LogP contribution is -2.28. The molecule has 2 N–H and O–H groups in total. The third-order valence-electron chi connectivity index (χ3n) is 4.17. The van der Waals surface area contributed by atoms with E-state index in [9.17, 15) is 18.0 Å². The molecule has 25 heavy (non-hydrogen) atoms. The van der Waals surface area contributed by atoms with Gasteiger partial charge in [0.2, 0.25) is 0 Å². The van der Waals surface area contributed by atoms with E-state index in [0.29, 0.717) is 12.3 Å². The summed E-state index contributed by atoms with van der Waals surface area (Å²) in [6.07, 6.45) is -1.17. The molecule has 1 aliphatic heterocycles. The number of piperidine rings is 1. The lowest BCUT2D eigenvalue weighted by atomic mass is 10.1. The Bertz CT molecular complexity index is 745. The van der Waals surface area contributed by atoms with Crippen LogP contribution in [0.2, 0.25) is 0 Å². The Kier molecular flexibility index (Phi) is 4.85. The number of carbonyl (C=O) groups is 1. The van der Waals surface area contributed by atoms with Gasteiger partial charge >= 0.3 is 6.18 Å². The van der Waals surface area contributed by atoms with Gasteiger partial charge in [-0.25, -0.2) is 0 Å². The molecule has 1 saturated heterocycles. The molecule has 0 aliphatic carbocycles. The molecule has 0 spiro atoms. The first-order chi connectivity index (χ1) is 11.8. The fourth-order valence-corrected chi connectivity index (χ4v) is 2.89. The summed E-state index contributed by atoms with van der Waals surface area (Å²) in [6, 6.07) is 3.15. The number of aromatic amines is 1. The second kappa shape index (κ2) is 6.91. The summed E-state index contributed by atoms with van der Waals surface area (Å²) in [6.45, 7) is 3.95. The third kappa shape index (κ3) is 4.04. The van der Waals surface area contributed by atoms with Crippen LogP contribution in [0.5, 0.6) is 0 Å². The Morgan fingerprint density at radius 2 is 2.04 bits per heavy atom. The summed E-state index contributed by atoms with van der Waals surface area (Å²) in [7, 11) is 0. The van der Waals surface area contributed by atoms with Crippen molar-refractivity contribution < 1.29 is 22.4 Å². The van der Waals surface area contributed by atoms with E-state index in [1.807, 2.05) is 0 Å². The lowest BCUT2D eigenvalue weighted by molar-refractivity contribution is -0.140. The Morgan fingerprint density at radius 1 is 1.32 bits per heavy atom. The van der Waals surface area contributed by atoms with Crippen molar-refractivity contribution in [2.75, 3.05) is 18.4 Å². The molecular formula is C16H19F3N4O2. The van der Waals surface area contributed by atoms with Crippen LogP contribution in [0.25, 0.3) is 0 Å². The number of furan rings is 1. The number of halogens is 3. The molecule has 3 rings (SSSR count). The molecule has 9 heteroatoms. The number of anilines is 1. The lowest BCUT2D eigenvalue weighted by Gasteiger charge is -2.25. The second-order valence-corrected chi connectivity index (χ2v) is 6.13. The van der Waals surface area contributed by atoms with Crippen LogP contribution in [0, 0.1) is 6.92 Å². The minimum atomic E-state index is -4.66. The largest absolute Gasteiger partial charge is 0.455 e. The van der Waals surface area contributed by atoms with Gasteiger partial charge < -0.3 is 9.73 Å². The van der Waals surface area contributed by atoms with E-state index >= 15 is 0 Å². The smallest absolute Gasteiger partial charge is 0.437 e. The predicted molar refractivity (Wildman–Crippen MR) is 84.1 cm³/mol. The Hall–Kier alpha value is -2.29. The number of hydrogen-bond donors (Lipinski definition) is 2. The van der Waals surface area contributed by atoms with Crippen molar-refractivity contribution in [3.8, 4) is 0 Å². The summed E-state index contributed by atoms with van der Waals surface area (Å²) in [4.78, 5) is 14.4. The number of aryl methyl sites for hydroxylation is 1. The number of nitrogens with zero attached hydrogens (tertiary/aromatic N) is 2. The molecule has 1 amide bonds. The van der Waals surface area contributed by atoms with Crippen LogP contribution in [0.15, 0.2) is 16.5 Å². The number of amides is 1. The number of carbonyl (C=O) groups excluding carboxylic acids is 1. The number of aromatic nitrogens is 2. The van der Waals surface area contributed by atoms with Crippen molar-refractivity contribution in [1.82, 2.24) is 15.1 Å². The highest BCUT2D eigenvalue weighted by atomic mass is 19.4. The minimum absolute atomic E-state index is 0.0271. The first-order valence-corrected chi connectivity index (χ1v) is 8.09. The molecule has 0 radical (unpaired) electrons. The molecule has 0 atom stereocenters. The second-order valence-electron chi connectivity index (χ2n) is 6.13. The molecule has 3 heterocycles. The van der Waals surface area contributed by atoms with Gasteiger partial charge in [0.05, 0.1) is 17.9 Å². The molecule has 1 fully saturated rings. The molecule has 0 unspecified atom stereocenters. The average molecular weight is 356 g/mol. The highest BCUT2D eigenvalue weighted by molar-refractivity contribution is 6.03. The fourth-order valence-electron chi connectivity index (χ4n) is 2.89. The normalized spacial score (nSPS) is 16.2. The van der Waals surface area contributed by atoms with Crippen LogP contribution in [-0.2, 0) is 12.7 Å². The molecule has 2 aromatic rings. The monoisotopic (exact) mass is 356 g/mol. The van der Waals surface area contributed by atoms with E-state index in [2.05, 4.69) is 20.4 Å². The Morgan fingerprint density at radius 3 is 2.72 bits per heavy atom. The standard InChI is InChI=1S/C16H19F3N4O2/c1-10-13(14(22-21-10)16(17,18)19)20-15(24)12-6-5-11(25-12)9-23-7-3-2-4-8-23/h5-6H,2-4,7-9H2,1H3,(H,20,24)(H,21,22). The van der Waals surface area contributed by atoms with E-state index in [4.69, 9.17) is 4.42 Å². The number of alkyl halides is 3. The van der Waals surface area contributed by atoms with Crippen molar-refractivity contribution in [3.05, 3.63) is 35.0 Å². The summed E-state index contributed by atoms with van der Waals surface area (Å²) < 4.78 is 44.2. The topological polar surface area (TPSA) is 74.2 Å². The maximum absolute atomic E-state index is 12.9. The van der Waals surface area contributed by atoms with Gasteiger partial charge in [-0.1, -0.05) is 6.42 Å². The first kappa shape index (κ1) is 17.5. The van der Waals surface area contributed by atoms with E-state index in [-0.39, 0.29) is 17.1 Å². The summed E-state index contributed by atoms with van der Waals surface area (Å²) in [5.74, 6) is -0.146. The van der Waals surface area contributed by atoms with Crippen LogP contribution in [0.4, 0.5) is 18.9 Å². The predicted octanol–water partition coefficient (Wildman–Crippen LogP) is 3.57. The van der Waals surface area contributed by atoms with Crippen molar-refractivity contribution in [3.63, 3.8) is 0 Å². The van der Waals surface area contributed by atoms with Crippen LogP contribution in [0.1, 0.15) is 47.0 Å². The zero-order valence-electron chi connectivity index (χ0n) is 13.7. The van der Waals surface area contributed by atoms with Crippen LogP contribution in [-0.4, -0.2) is 34.1 Å². The number of hydrogen-bond acceptors (Lipinski definition) is 4. The fraction of sp³-hybridized carbons (Fsp3) is 0.500. The quantitative estimate of drug-likeness (QED) is 0.878. The minimum Gasteiger partial charge on any atom is -0.455 e. The van der Waals surface area contributed by atoms with Crippen molar-refractivity contribution in [2.24, 2.45) is 0 Å². The van der Waals surface area contributed by atoms with Crippen LogP contribution < -0.4 is 5.32 Å². The zero-order chi connectivity index (χ0) is 18.0. The molecular weight excluding hydrogens is 337 g/mol. The van der Waals surface area contributed by atoms with E-state index in [1.165, 1.54) is 19.4 Å².